The molecule has 0 bridgehead atoms. The molecular formula is C20H22Cl2N4O. The molecule has 0 N–H and O–H groups in total. The Hall–Kier alpha value is -1.82. The van der Waals surface area contributed by atoms with E-state index in [0.717, 1.165) is 53.2 Å². The fourth-order valence-electron chi connectivity index (χ4n) is 3.84. The predicted molar refractivity (Wildman–Crippen MR) is 111 cm³/mol. The zero-order valence-electron chi connectivity index (χ0n) is 15.7. The minimum absolute atomic E-state index is 0.367. The summed E-state index contributed by atoms with van der Waals surface area (Å²) in [5, 5.41) is 6.10. The maximum Gasteiger partial charge on any atom is 0.120 e. The van der Waals surface area contributed by atoms with E-state index in [4.69, 9.17) is 38.0 Å². The maximum absolute atomic E-state index is 6.48. The van der Waals surface area contributed by atoms with Crippen LogP contribution in [0.1, 0.15) is 19.0 Å². The highest BCUT2D eigenvalue weighted by atomic mass is 35.5. The van der Waals surface area contributed by atoms with Gasteiger partial charge >= 0.3 is 0 Å². The van der Waals surface area contributed by atoms with Crippen LogP contribution in [0.5, 0.6) is 0 Å². The Morgan fingerprint density at radius 2 is 2.07 bits per heavy atom. The Morgan fingerprint density at radius 1 is 1.26 bits per heavy atom. The second-order valence-corrected chi connectivity index (χ2v) is 7.73. The minimum atomic E-state index is 0.367. The van der Waals surface area contributed by atoms with Crippen LogP contribution in [0.25, 0.3) is 22.3 Å². The van der Waals surface area contributed by atoms with Gasteiger partial charge in [-0.1, -0.05) is 30.1 Å². The number of aryl methyl sites for hydroxylation is 1. The molecule has 0 fully saturated rings. The molecule has 1 aromatic carbocycles. The van der Waals surface area contributed by atoms with Crippen molar-refractivity contribution in [2.75, 3.05) is 25.2 Å². The topological polar surface area (TPSA) is 43.2 Å². The van der Waals surface area contributed by atoms with E-state index in [1.54, 1.807) is 13.2 Å². The molecule has 0 unspecified atom stereocenters. The molecule has 0 saturated carbocycles. The molecule has 5 nitrogen and oxygen atoms in total. The maximum atomic E-state index is 6.48. The van der Waals surface area contributed by atoms with Crippen LogP contribution in [0.3, 0.4) is 0 Å². The minimum Gasteiger partial charge on any atom is -0.383 e. The lowest BCUT2D eigenvalue weighted by Gasteiger charge is -2.37. The predicted octanol–water partition coefficient (Wildman–Crippen LogP) is 4.96. The number of hydrogen-bond donors (Lipinski definition) is 0. The van der Waals surface area contributed by atoms with Crippen molar-refractivity contribution in [1.29, 1.82) is 0 Å². The van der Waals surface area contributed by atoms with Crippen molar-refractivity contribution in [2.24, 2.45) is 0 Å². The number of halogens is 2. The zero-order chi connectivity index (χ0) is 19.1. The van der Waals surface area contributed by atoms with Crippen LogP contribution in [-0.2, 0) is 11.3 Å². The van der Waals surface area contributed by atoms with Crippen molar-refractivity contribution in [3.05, 3.63) is 40.0 Å². The Kier molecular flexibility index (Phi) is 5.01. The Labute approximate surface area is 168 Å². The van der Waals surface area contributed by atoms with E-state index < -0.39 is 0 Å². The molecule has 0 saturated heterocycles. The Morgan fingerprint density at radius 3 is 2.78 bits per heavy atom. The molecular weight excluding hydrogens is 383 g/mol. The third-order valence-electron chi connectivity index (χ3n) is 5.13. The van der Waals surface area contributed by atoms with Crippen molar-refractivity contribution < 1.29 is 4.74 Å². The largest absolute Gasteiger partial charge is 0.383 e. The fraction of sp³-hybridized carbons (Fsp3) is 0.400. The van der Waals surface area contributed by atoms with Crippen LogP contribution in [0, 0.1) is 6.92 Å². The molecule has 27 heavy (non-hydrogen) atoms. The summed E-state index contributed by atoms with van der Waals surface area (Å²) in [4.78, 5) is 7.24. The van der Waals surface area contributed by atoms with Crippen molar-refractivity contribution in [3.8, 4) is 11.3 Å². The average Bonchev–Trinajstić information content (AvgIpc) is 2.99. The van der Waals surface area contributed by atoms with Crippen molar-refractivity contribution >= 4 is 39.9 Å². The Bertz CT molecular complexity index is 1000. The quantitative estimate of drug-likeness (QED) is 0.602. The molecule has 0 spiro atoms. The number of benzene rings is 1. The van der Waals surface area contributed by atoms with Crippen LogP contribution < -0.4 is 4.90 Å². The number of ether oxygens (including phenoxy) is 1. The third kappa shape index (κ3) is 3.18. The number of anilines is 1. The van der Waals surface area contributed by atoms with Gasteiger partial charge in [0.2, 0.25) is 0 Å². The number of pyridine rings is 1. The molecule has 0 amide bonds. The van der Waals surface area contributed by atoms with Gasteiger partial charge in [0.25, 0.3) is 0 Å². The molecule has 142 valence electrons. The van der Waals surface area contributed by atoms with Gasteiger partial charge in [0.05, 0.1) is 23.9 Å². The molecule has 0 aliphatic carbocycles. The second kappa shape index (κ2) is 7.30. The lowest BCUT2D eigenvalue weighted by atomic mass is 10.1. The summed E-state index contributed by atoms with van der Waals surface area (Å²) in [7, 11) is 1.74. The fourth-order valence-corrected chi connectivity index (χ4v) is 4.34. The summed E-state index contributed by atoms with van der Waals surface area (Å²) in [5.74, 6) is 0. The lowest BCUT2D eigenvalue weighted by Crippen LogP contribution is -2.43. The van der Waals surface area contributed by atoms with Crippen LogP contribution in [-0.4, -0.2) is 41.1 Å². The highest BCUT2D eigenvalue weighted by Gasteiger charge is 2.30. The van der Waals surface area contributed by atoms with Crippen LogP contribution >= 0.6 is 23.2 Å². The highest BCUT2D eigenvalue weighted by Crippen LogP contribution is 2.40. The van der Waals surface area contributed by atoms with E-state index in [9.17, 15) is 0 Å². The Balaban J connectivity index is 1.94. The molecule has 3 aromatic rings. The van der Waals surface area contributed by atoms with E-state index in [2.05, 4.69) is 22.6 Å². The first-order valence-corrected chi connectivity index (χ1v) is 9.88. The molecule has 1 atom stereocenters. The van der Waals surface area contributed by atoms with Gasteiger partial charge in [-0.25, -0.2) is 4.98 Å². The van der Waals surface area contributed by atoms with Gasteiger partial charge in [-0.3, -0.25) is 4.68 Å². The summed E-state index contributed by atoms with van der Waals surface area (Å²) >= 11 is 12.6. The van der Waals surface area contributed by atoms with Gasteiger partial charge in [-0.15, -0.1) is 0 Å². The van der Waals surface area contributed by atoms with Gasteiger partial charge in [0.15, 0.2) is 0 Å². The first-order chi connectivity index (χ1) is 13.0. The van der Waals surface area contributed by atoms with Crippen LogP contribution in [0.4, 0.5) is 5.69 Å². The number of methoxy groups -OCH3 is 1. The third-order valence-corrected chi connectivity index (χ3v) is 5.68. The zero-order valence-corrected chi connectivity index (χ0v) is 17.2. The molecule has 3 heterocycles. The van der Waals surface area contributed by atoms with E-state index in [-0.39, 0.29) is 0 Å². The van der Waals surface area contributed by atoms with E-state index in [1.807, 2.05) is 19.1 Å². The first-order valence-electron chi connectivity index (χ1n) is 9.12. The summed E-state index contributed by atoms with van der Waals surface area (Å²) < 4.78 is 7.42. The molecule has 4 rings (SSSR count). The van der Waals surface area contributed by atoms with E-state index >= 15 is 0 Å². The van der Waals surface area contributed by atoms with Crippen molar-refractivity contribution in [2.45, 2.75) is 32.9 Å². The SMILES string of the molecule is CC[C@H]1Cn2nc(-c3ccc(Cl)cc3Cl)c3nc(C)cc(c32)N1CCOC. The van der Waals surface area contributed by atoms with Crippen molar-refractivity contribution in [3.63, 3.8) is 0 Å². The summed E-state index contributed by atoms with van der Waals surface area (Å²) in [5.41, 5.74) is 5.72. The van der Waals surface area contributed by atoms with E-state index in [1.165, 1.54) is 0 Å². The molecule has 2 aromatic heterocycles. The summed E-state index contributed by atoms with van der Waals surface area (Å²) in [6.45, 7) is 6.57. The number of aromatic nitrogens is 3. The second-order valence-electron chi connectivity index (χ2n) is 6.88. The van der Waals surface area contributed by atoms with Gasteiger partial charge in [0, 0.05) is 36.0 Å². The van der Waals surface area contributed by atoms with Gasteiger partial charge in [-0.05, 0) is 37.6 Å². The van der Waals surface area contributed by atoms with Crippen LogP contribution in [0.2, 0.25) is 10.0 Å². The van der Waals surface area contributed by atoms with E-state index in [0.29, 0.717) is 22.7 Å². The smallest absolute Gasteiger partial charge is 0.120 e. The molecule has 1 aliphatic heterocycles. The lowest BCUT2D eigenvalue weighted by molar-refractivity contribution is 0.201. The van der Waals surface area contributed by atoms with Crippen molar-refractivity contribution in [1.82, 2.24) is 14.8 Å². The van der Waals surface area contributed by atoms with Gasteiger partial charge in [0.1, 0.15) is 16.7 Å². The standard InChI is InChI=1S/C20H22Cl2N4O/c1-4-14-11-26-20-17(25(14)7-8-27-3)9-12(2)23-19(20)18(24-26)15-6-5-13(21)10-16(15)22/h5-6,9-10,14H,4,7-8,11H2,1-3H3/t14-/m0/s1. The van der Waals surface area contributed by atoms with Gasteiger partial charge in [-0.2, -0.15) is 5.10 Å². The summed E-state index contributed by atoms with van der Waals surface area (Å²) in [6, 6.07) is 8.01. The monoisotopic (exact) mass is 404 g/mol. The number of hydrogen-bond acceptors (Lipinski definition) is 4. The average molecular weight is 405 g/mol. The van der Waals surface area contributed by atoms with Gasteiger partial charge < -0.3 is 9.64 Å². The highest BCUT2D eigenvalue weighted by molar-refractivity contribution is 6.36. The number of rotatable bonds is 5. The normalized spacial score (nSPS) is 16.3. The molecule has 1 aliphatic rings. The summed E-state index contributed by atoms with van der Waals surface area (Å²) in [6.07, 6.45) is 1.03. The molecule has 7 heteroatoms. The van der Waals surface area contributed by atoms with Crippen LogP contribution in [0.15, 0.2) is 24.3 Å². The first kappa shape index (κ1) is 18.5. The molecule has 0 radical (unpaired) electrons. The number of nitrogens with zero attached hydrogens (tertiary/aromatic N) is 4.